The van der Waals surface area contributed by atoms with Crippen molar-refractivity contribution in [2.75, 3.05) is 0 Å². The van der Waals surface area contributed by atoms with Crippen molar-refractivity contribution in [1.82, 2.24) is 9.97 Å². The van der Waals surface area contributed by atoms with Crippen molar-refractivity contribution in [2.24, 2.45) is 0 Å². The molecule has 0 amide bonds. The lowest BCUT2D eigenvalue weighted by atomic mass is 9.77. The van der Waals surface area contributed by atoms with Crippen LogP contribution in [-0.2, 0) is 19.3 Å². The molecule has 3 nitrogen and oxygen atoms in total. The van der Waals surface area contributed by atoms with Crippen LogP contribution in [0.25, 0.3) is 22.4 Å². The summed E-state index contributed by atoms with van der Waals surface area (Å²) in [5, 5.41) is 9.66. The van der Waals surface area contributed by atoms with Crippen LogP contribution in [-0.4, -0.2) is 15.1 Å². The standard InChI is InChI=1S/C23H24N2O/c1-13-11-20-19(12-14(2)24-20)21-17-5-3-4-6-18(17)23(25-22(13)21)15-7-9-16(26)10-8-15/h7-10,12-13,24,26H,3-6,11H2,1-2H3. The van der Waals surface area contributed by atoms with E-state index in [4.69, 9.17) is 4.98 Å². The second-order valence-corrected chi connectivity index (χ2v) is 7.88. The Morgan fingerprint density at radius 2 is 1.81 bits per heavy atom. The minimum atomic E-state index is 0.307. The molecule has 132 valence electrons. The fourth-order valence-electron chi connectivity index (χ4n) is 4.79. The van der Waals surface area contributed by atoms with Crippen molar-refractivity contribution in [3.8, 4) is 28.1 Å². The van der Waals surface area contributed by atoms with Crippen LogP contribution in [0, 0.1) is 6.92 Å². The van der Waals surface area contributed by atoms with E-state index in [9.17, 15) is 5.11 Å². The van der Waals surface area contributed by atoms with Gasteiger partial charge in [0.15, 0.2) is 0 Å². The first-order valence-corrected chi connectivity index (χ1v) is 9.65. The average Bonchev–Trinajstić information content (AvgIpc) is 3.01. The number of hydrogen-bond donors (Lipinski definition) is 2. The molecule has 0 aliphatic heterocycles. The first-order chi connectivity index (χ1) is 12.6. The summed E-state index contributed by atoms with van der Waals surface area (Å²) in [6.07, 6.45) is 5.75. The van der Waals surface area contributed by atoms with Crippen LogP contribution < -0.4 is 0 Å². The van der Waals surface area contributed by atoms with E-state index >= 15 is 0 Å². The highest BCUT2D eigenvalue weighted by molar-refractivity contribution is 5.81. The third kappa shape index (κ3) is 2.30. The molecule has 26 heavy (non-hydrogen) atoms. The van der Waals surface area contributed by atoms with Crippen LogP contribution in [0.2, 0.25) is 0 Å². The van der Waals surface area contributed by atoms with Crippen LogP contribution in [0.1, 0.15) is 53.9 Å². The summed E-state index contributed by atoms with van der Waals surface area (Å²) in [5.41, 5.74) is 11.8. The highest BCUT2D eigenvalue weighted by Crippen LogP contribution is 2.45. The highest BCUT2D eigenvalue weighted by Gasteiger charge is 2.31. The molecule has 2 aromatic heterocycles. The van der Waals surface area contributed by atoms with E-state index in [-0.39, 0.29) is 0 Å². The minimum Gasteiger partial charge on any atom is -0.508 e. The molecule has 2 aliphatic carbocycles. The van der Waals surface area contributed by atoms with Gasteiger partial charge in [0.2, 0.25) is 0 Å². The number of hydrogen-bond acceptors (Lipinski definition) is 2. The molecule has 0 radical (unpaired) electrons. The smallest absolute Gasteiger partial charge is 0.115 e. The van der Waals surface area contributed by atoms with Gasteiger partial charge in [0, 0.05) is 34.0 Å². The number of aryl methyl sites for hydroxylation is 1. The summed E-state index contributed by atoms with van der Waals surface area (Å²) in [6, 6.07) is 9.83. The summed E-state index contributed by atoms with van der Waals surface area (Å²) in [6.45, 7) is 4.44. The lowest BCUT2D eigenvalue weighted by molar-refractivity contribution is 0.475. The second-order valence-electron chi connectivity index (χ2n) is 7.88. The van der Waals surface area contributed by atoms with E-state index in [0.717, 1.165) is 30.5 Å². The monoisotopic (exact) mass is 344 g/mol. The maximum atomic E-state index is 9.66. The number of H-pyrrole nitrogens is 1. The third-order valence-electron chi connectivity index (χ3n) is 5.97. The van der Waals surface area contributed by atoms with E-state index in [1.807, 2.05) is 12.1 Å². The van der Waals surface area contributed by atoms with E-state index < -0.39 is 0 Å². The number of rotatable bonds is 1. The van der Waals surface area contributed by atoms with Gasteiger partial charge in [-0.15, -0.1) is 0 Å². The van der Waals surface area contributed by atoms with Gasteiger partial charge in [-0.05, 0) is 80.5 Å². The Morgan fingerprint density at radius 3 is 2.58 bits per heavy atom. The Hall–Kier alpha value is -2.55. The van der Waals surface area contributed by atoms with Crippen molar-refractivity contribution < 1.29 is 5.11 Å². The quantitative estimate of drug-likeness (QED) is 0.629. The first-order valence-electron chi connectivity index (χ1n) is 9.65. The average molecular weight is 344 g/mol. The molecule has 2 aliphatic rings. The zero-order chi connectivity index (χ0) is 17.8. The van der Waals surface area contributed by atoms with Crippen molar-refractivity contribution in [1.29, 1.82) is 0 Å². The van der Waals surface area contributed by atoms with Gasteiger partial charge in [-0.1, -0.05) is 6.92 Å². The van der Waals surface area contributed by atoms with Gasteiger partial charge in [0.1, 0.15) is 5.75 Å². The molecule has 2 heterocycles. The molecular weight excluding hydrogens is 320 g/mol. The van der Waals surface area contributed by atoms with Crippen LogP contribution >= 0.6 is 0 Å². The minimum absolute atomic E-state index is 0.307. The Balaban J connectivity index is 1.80. The summed E-state index contributed by atoms with van der Waals surface area (Å²) in [4.78, 5) is 8.79. The fourth-order valence-corrected chi connectivity index (χ4v) is 4.79. The van der Waals surface area contributed by atoms with E-state index in [1.165, 1.54) is 52.2 Å². The van der Waals surface area contributed by atoms with Gasteiger partial charge in [0.05, 0.1) is 11.4 Å². The van der Waals surface area contributed by atoms with Gasteiger partial charge < -0.3 is 10.1 Å². The summed E-state index contributed by atoms with van der Waals surface area (Å²) < 4.78 is 0. The number of phenols is 1. The van der Waals surface area contributed by atoms with Crippen molar-refractivity contribution in [2.45, 2.75) is 51.9 Å². The number of aromatic hydroxyl groups is 1. The molecule has 0 saturated heterocycles. The van der Waals surface area contributed by atoms with Gasteiger partial charge >= 0.3 is 0 Å². The Labute approximate surface area is 154 Å². The number of pyridine rings is 1. The Bertz CT molecular complexity index is 998. The van der Waals surface area contributed by atoms with Crippen molar-refractivity contribution >= 4 is 0 Å². The highest BCUT2D eigenvalue weighted by atomic mass is 16.3. The number of fused-ring (bicyclic) bond motifs is 5. The van der Waals surface area contributed by atoms with E-state index in [2.05, 4.69) is 24.9 Å². The van der Waals surface area contributed by atoms with Crippen molar-refractivity contribution in [3.05, 3.63) is 58.5 Å². The number of aromatic amines is 1. The van der Waals surface area contributed by atoms with Crippen LogP contribution in [0.15, 0.2) is 30.3 Å². The lowest BCUT2D eigenvalue weighted by Gasteiger charge is -2.30. The Morgan fingerprint density at radius 1 is 1.08 bits per heavy atom. The Kier molecular flexibility index (Phi) is 3.46. The largest absolute Gasteiger partial charge is 0.508 e. The summed E-state index contributed by atoms with van der Waals surface area (Å²) in [7, 11) is 0. The van der Waals surface area contributed by atoms with E-state index in [1.54, 1.807) is 12.1 Å². The predicted octanol–water partition coefficient (Wildman–Crippen LogP) is 5.30. The van der Waals surface area contributed by atoms with Crippen molar-refractivity contribution in [3.63, 3.8) is 0 Å². The number of aromatic nitrogens is 2. The second kappa shape index (κ2) is 5.73. The molecule has 3 heteroatoms. The molecule has 1 aromatic carbocycles. The molecule has 0 fully saturated rings. The molecule has 1 atom stereocenters. The molecule has 0 bridgehead atoms. The van der Waals surface area contributed by atoms with E-state index in [0.29, 0.717) is 11.7 Å². The molecule has 2 N–H and O–H groups in total. The molecule has 5 rings (SSSR count). The topological polar surface area (TPSA) is 48.9 Å². The van der Waals surface area contributed by atoms with Crippen LogP contribution in [0.4, 0.5) is 0 Å². The first kappa shape index (κ1) is 15.7. The molecule has 0 saturated carbocycles. The lowest BCUT2D eigenvalue weighted by Crippen LogP contribution is -2.17. The fraction of sp³-hybridized carbons (Fsp3) is 0.348. The van der Waals surface area contributed by atoms with Gasteiger partial charge in [-0.25, -0.2) is 0 Å². The third-order valence-corrected chi connectivity index (χ3v) is 5.97. The number of nitrogens with one attached hydrogen (secondary N) is 1. The molecule has 0 spiro atoms. The maximum Gasteiger partial charge on any atom is 0.115 e. The van der Waals surface area contributed by atoms with Crippen LogP contribution in [0.3, 0.4) is 0 Å². The van der Waals surface area contributed by atoms with Gasteiger partial charge in [-0.2, -0.15) is 0 Å². The number of nitrogens with zero attached hydrogens (tertiary/aromatic N) is 1. The molecule has 1 unspecified atom stereocenters. The molecular formula is C23H24N2O. The summed E-state index contributed by atoms with van der Waals surface area (Å²) in [5.74, 6) is 0.722. The van der Waals surface area contributed by atoms with Crippen LogP contribution in [0.5, 0.6) is 5.75 Å². The van der Waals surface area contributed by atoms with Gasteiger partial charge in [-0.3, -0.25) is 4.98 Å². The summed E-state index contributed by atoms with van der Waals surface area (Å²) >= 11 is 0. The maximum absolute atomic E-state index is 9.66. The molecule has 3 aromatic rings. The van der Waals surface area contributed by atoms with Gasteiger partial charge in [0.25, 0.3) is 0 Å². The number of benzene rings is 1. The predicted molar refractivity (Wildman–Crippen MR) is 105 cm³/mol. The zero-order valence-electron chi connectivity index (χ0n) is 15.4. The number of phenolic OH excluding ortho intramolecular Hbond substituents is 1. The normalized spacial score (nSPS) is 18.2. The zero-order valence-corrected chi connectivity index (χ0v) is 15.4. The SMILES string of the molecule is Cc1cc2c([nH]1)CC(C)c1nc(-c3ccc(O)cc3)c3c(c1-2)CCCC3.